The highest BCUT2D eigenvalue weighted by Gasteiger charge is 2.19. The average molecular weight is 805 g/mol. The minimum atomic E-state index is -0.276. The number of nitrogens with one attached hydrogen (secondary N) is 1. The second-order valence-electron chi connectivity index (χ2n) is 10.5. The molecular formula is C31H24Br2N12OS2. The summed E-state index contributed by atoms with van der Waals surface area (Å²) in [6, 6.07) is 13.3. The molecule has 0 saturated heterocycles. The van der Waals surface area contributed by atoms with Crippen LogP contribution in [0.2, 0.25) is 0 Å². The lowest BCUT2D eigenvalue weighted by atomic mass is 10.2. The maximum atomic E-state index is 13.0. The highest BCUT2D eigenvalue weighted by Crippen LogP contribution is 2.33. The number of amides is 1. The number of halogens is 2. The highest BCUT2D eigenvalue weighted by molar-refractivity contribution is 9.10. The molecule has 6 heterocycles. The van der Waals surface area contributed by atoms with Crippen molar-refractivity contribution in [2.45, 2.75) is 20.0 Å². The van der Waals surface area contributed by atoms with Gasteiger partial charge in [0.1, 0.15) is 32.7 Å². The van der Waals surface area contributed by atoms with E-state index in [1.54, 1.807) is 22.9 Å². The maximum absolute atomic E-state index is 13.0. The molecule has 8 rings (SSSR count). The number of hydrogen-bond donors (Lipinski definition) is 3. The first kappa shape index (κ1) is 31.7. The Bertz CT molecular complexity index is 2440. The second-order valence-corrected chi connectivity index (χ2v) is 13.8. The Balaban J connectivity index is 0.000000172. The molecule has 0 radical (unpaired) electrons. The predicted octanol–water partition coefficient (Wildman–Crippen LogP) is 6.67. The van der Waals surface area contributed by atoms with Crippen LogP contribution in [0.5, 0.6) is 0 Å². The van der Waals surface area contributed by atoms with E-state index >= 15 is 0 Å². The summed E-state index contributed by atoms with van der Waals surface area (Å²) < 4.78 is 5.85. The van der Waals surface area contributed by atoms with Crippen LogP contribution in [-0.4, -0.2) is 50.4 Å². The molecule has 13 nitrogen and oxygen atoms in total. The van der Waals surface area contributed by atoms with Gasteiger partial charge >= 0.3 is 0 Å². The van der Waals surface area contributed by atoms with Gasteiger partial charge in [0.2, 0.25) is 0 Å². The number of fused-ring (bicyclic) bond motifs is 3. The molecule has 17 heteroatoms. The van der Waals surface area contributed by atoms with Crippen LogP contribution >= 0.6 is 54.5 Å². The van der Waals surface area contributed by atoms with Crippen LogP contribution in [0.25, 0.3) is 32.0 Å². The van der Waals surface area contributed by atoms with Crippen molar-refractivity contribution in [1.29, 1.82) is 0 Å². The first-order valence-electron chi connectivity index (χ1n) is 14.3. The number of carbonyl (C=O) groups is 1. The standard InChI is InChI=1S/C19H13BrN8OS.C12H11BrN4S/c20-17-14-12(26-19(29)11-7-30-16-15(11)24-9-25-18(16)21)2-1-3-13(14)28(27-17)6-10-4-5-22-8-23-10;1-7-6-18-10(15-7)5-17-9-4-2-3-8(14)11(9)12(13)16-17/h1-5,7-9H,6H2,(H,26,29)(H2,21,24,25);2-4,6H,5,14H2,1H3. The van der Waals surface area contributed by atoms with Crippen LogP contribution in [0.4, 0.5) is 17.2 Å². The fraction of sp³-hybridized carbons (Fsp3) is 0.0968. The largest absolute Gasteiger partial charge is 0.398 e. The minimum Gasteiger partial charge on any atom is -0.398 e. The number of hydrogen-bond acceptors (Lipinski definition) is 12. The van der Waals surface area contributed by atoms with E-state index in [0.717, 1.165) is 48.5 Å². The van der Waals surface area contributed by atoms with Gasteiger partial charge in [0.25, 0.3) is 5.91 Å². The average Bonchev–Trinajstić information content (AvgIpc) is 3.85. The Morgan fingerprint density at radius 3 is 2.38 bits per heavy atom. The lowest BCUT2D eigenvalue weighted by Gasteiger charge is -2.07. The van der Waals surface area contributed by atoms with E-state index in [-0.39, 0.29) is 5.91 Å². The number of thiazole rings is 1. The summed E-state index contributed by atoms with van der Waals surface area (Å²) in [5, 5.41) is 18.6. The number of aromatic nitrogens is 9. The van der Waals surface area contributed by atoms with Crippen molar-refractivity contribution in [3.63, 3.8) is 0 Å². The summed E-state index contributed by atoms with van der Waals surface area (Å²) in [6.45, 7) is 3.15. The summed E-state index contributed by atoms with van der Waals surface area (Å²) in [5.41, 5.74) is 18.0. The number of thiophene rings is 1. The third-order valence-electron chi connectivity index (χ3n) is 7.28. The Morgan fingerprint density at radius 1 is 0.875 bits per heavy atom. The summed E-state index contributed by atoms with van der Waals surface area (Å²) in [5.74, 6) is 0.0854. The van der Waals surface area contributed by atoms with Gasteiger partial charge in [0.15, 0.2) is 0 Å². The number of nitrogens with two attached hydrogens (primary N) is 2. The predicted molar refractivity (Wildman–Crippen MR) is 196 cm³/mol. The first-order chi connectivity index (χ1) is 23.3. The summed E-state index contributed by atoms with van der Waals surface area (Å²) in [6.07, 6.45) is 4.55. The molecule has 0 aliphatic rings. The molecule has 0 saturated carbocycles. The van der Waals surface area contributed by atoms with E-state index in [9.17, 15) is 4.79 Å². The molecule has 6 aromatic heterocycles. The van der Waals surface area contributed by atoms with Gasteiger partial charge in [-0.05, 0) is 69.1 Å². The first-order valence-corrected chi connectivity index (χ1v) is 17.6. The lowest BCUT2D eigenvalue weighted by Crippen LogP contribution is -2.12. The molecule has 0 fully saturated rings. The molecule has 48 heavy (non-hydrogen) atoms. The van der Waals surface area contributed by atoms with Crippen molar-refractivity contribution in [2.75, 3.05) is 16.8 Å². The molecule has 8 aromatic rings. The Labute approximate surface area is 297 Å². The van der Waals surface area contributed by atoms with Crippen LogP contribution in [0.15, 0.2) is 81.3 Å². The molecule has 1 amide bonds. The zero-order chi connectivity index (χ0) is 33.4. The van der Waals surface area contributed by atoms with Crippen molar-refractivity contribution in [3.05, 3.63) is 103 Å². The van der Waals surface area contributed by atoms with Crippen molar-refractivity contribution in [1.82, 2.24) is 44.5 Å². The van der Waals surface area contributed by atoms with E-state index in [2.05, 4.69) is 72.3 Å². The third-order valence-corrected chi connectivity index (χ3v) is 10.3. The number of benzene rings is 2. The highest BCUT2D eigenvalue weighted by atomic mass is 79.9. The fourth-order valence-corrected chi connectivity index (χ4v) is 8.01. The van der Waals surface area contributed by atoms with Gasteiger partial charge < -0.3 is 16.8 Å². The number of carbonyl (C=O) groups excluding carboxylic acids is 1. The SMILES string of the molecule is Cc1csc(Cn2nc(Br)c3c(N)cccc32)n1.Nc1ncnc2c(C(=O)Nc3cccc4c3c(Br)nn4Cc3ccncn3)csc12. The van der Waals surface area contributed by atoms with E-state index in [4.69, 9.17) is 11.5 Å². The third kappa shape index (κ3) is 6.24. The number of nitrogen functional groups attached to an aromatic ring is 2. The van der Waals surface area contributed by atoms with Gasteiger partial charge in [0.05, 0.1) is 62.1 Å². The van der Waals surface area contributed by atoms with Gasteiger partial charge in [-0.2, -0.15) is 10.2 Å². The molecule has 0 aliphatic carbocycles. The van der Waals surface area contributed by atoms with Gasteiger partial charge in [-0.3, -0.25) is 14.2 Å². The van der Waals surface area contributed by atoms with Crippen molar-refractivity contribution < 1.29 is 4.79 Å². The van der Waals surface area contributed by atoms with Crippen LogP contribution in [0.1, 0.15) is 26.8 Å². The molecule has 2 aromatic carbocycles. The molecular weight excluding hydrogens is 780 g/mol. The normalized spacial score (nSPS) is 11.2. The Hall–Kier alpha value is -4.84. The van der Waals surface area contributed by atoms with Crippen LogP contribution in [-0.2, 0) is 13.1 Å². The fourth-order valence-electron chi connectivity index (χ4n) is 5.12. The number of aryl methyl sites for hydroxylation is 1. The number of rotatable bonds is 6. The lowest BCUT2D eigenvalue weighted by molar-refractivity contribution is 0.102. The zero-order valence-electron chi connectivity index (χ0n) is 25.0. The van der Waals surface area contributed by atoms with Gasteiger partial charge in [0, 0.05) is 28.3 Å². The Morgan fingerprint density at radius 2 is 1.62 bits per heavy atom. The molecule has 0 spiro atoms. The van der Waals surface area contributed by atoms with Crippen LogP contribution in [0.3, 0.4) is 0 Å². The monoisotopic (exact) mass is 802 g/mol. The minimum absolute atomic E-state index is 0.276. The van der Waals surface area contributed by atoms with E-state index in [1.165, 1.54) is 24.0 Å². The van der Waals surface area contributed by atoms with E-state index in [1.807, 2.05) is 64.1 Å². The van der Waals surface area contributed by atoms with Crippen LogP contribution in [0, 0.1) is 6.92 Å². The summed E-state index contributed by atoms with van der Waals surface area (Å²) >= 11 is 9.97. The number of nitrogens with zero attached hydrogens (tertiary/aromatic N) is 9. The molecule has 0 bridgehead atoms. The van der Waals surface area contributed by atoms with Crippen molar-refractivity contribution >= 4 is 110 Å². The molecule has 5 N–H and O–H groups in total. The maximum Gasteiger partial charge on any atom is 0.258 e. The molecule has 0 atom stereocenters. The Kier molecular flexibility index (Phi) is 8.83. The zero-order valence-corrected chi connectivity index (χ0v) is 29.8. The number of anilines is 3. The van der Waals surface area contributed by atoms with E-state index in [0.29, 0.717) is 45.0 Å². The van der Waals surface area contributed by atoms with Crippen LogP contribution < -0.4 is 16.8 Å². The molecule has 0 unspecified atom stereocenters. The van der Waals surface area contributed by atoms with E-state index < -0.39 is 0 Å². The van der Waals surface area contributed by atoms with Crippen molar-refractivity contribution in [2.24, 2.45) is 0 Å². The van der Waals surface area contributed by atoms with Crippen molar-refractivity contribution in [3.8, 4) is 0 Å². The summed E-state index contributed by atoms with van der Waals surface area (Å²) in [7, 11) is 0. The molecule has 0 aliphatic heterocycles. The van der Waals surface area contributed by atoms with Gasteiger partial charge in [-0.1, -0.05) is 12.1 Å². The smallest absolute Gasteiger partial charge is 0.258 e. The summed E-state index contributed by atoms with van der Waals surface area (Å²) in [4.78, 5) is 33.8. The van der Waals surface area contributed by atoms with Gasteiger partial charge in [-0.25, -0.2) is 24.9 Å². The quantitative estimate of drug-likeness (QED) is 0.154. The topological polar surface area (TPSA) is 181 Å². The van der Waals surface area contributed by atoms with Gasteiger partial charge in [-0.15, -0.1) is 22.7 Å². The second kappa shape index (κ2) is 13.3. The molecule has 240 valence electrons.